The maximum atomic E-state index is 14.1. The lowest BCUT2D eigenvalue weighted by molar-refractivity contribution is 0.0729. The van der Waals surface area contributed by atoms with E-state index >= 15 is 0 Å². The Hall–Kier alpha value is -3.39. The number of anilines is 1. The van der Waals surface area contributed by atoms with Crippen LogP contribution in [0.15, 0.2) is 53.7 Å². The van der Waals surface area contributed by atoms with Crippen LogP contribution in [0.25, 0.3) is 0 Å². The summed E-state index contributed by atoms with van der Waals surface area (Å²) in [5, 5.41) is 1.68. The number of nitrogens with zero attached hydrogens (tertiary/aromatic N) is 5. The van der Waals surface area contributed by atoms with E-state index in [4.69, 9.17) is 4.84 Å². The lowest BCUT2D eigenvalue weighted by Crippen LogP contribution is -2.36. The molecule has 174 valence electrons. The Morgan fingerprint density at radius 2 is 1.97 bits per heavy atom. The lowest BCUT2D eigenvalue weighted by Gasteiger charge is -2.22. The zero-order valence-electron chi connectivity index (χ0n) is 19.6. The Kier molecular flexibility index (Phi) is 8.43. The molecule has 1 aromatic heterocycles. The number of rotatable bonds is 6. The van der Waals surface area contributed by atoms with Gasteiger partial charge in [-0.2, -0.15) is 0 Å². The van der Waals surface area contributed by atoms with Gasteiger partial charge in [0.05, 0.1) is 18.7 Å². The minimum atomic E-state index is -0.462. The van der Waals surface area contributed by atoms with Crippen LogP contribution < -0.4 is 5.06 Å². The molecule has 0 bridgehead atoms. The van der Waals surface area contributed by atoms with Gasteiger partial charge in [0.2, 0.25) is 0 Å². The molecule has 33 heavy (non-hydrogen) atoms. The van der Waals surface area contributed by atoms with Gasteiger partial charge in [0.15, 0.2) is 5.82 Å². The third kappa shape index (κ3) is 6.55. The summed E-state index contributed by atoms with van der Waals surface area (Å²) < 4.78 is 14.1. The average molecular weight is 452 g/mol. The maximum Gasteiger partial charge on any atom is 0.254 e. The van der Waals surface area contributed by atoms with Gasteiger partial charge in [0, 0.05) is 42.3 Å². The Morgan fingerprint density at radius 3 is 2.73 bits per heavy atom. The molecule has 1 aliphatic rings. The van der Waals surface area contributed by atoms with Crippen molar-refractivity contribution < 1.29 is 14.0 Å². The Morgan fingerprint density at radius 1 is 1.15 bits per heavy atom. The standard InChI is InChI=1S/C25H30FN5O2/c1-5-6-7-8-11-27-19(3)22-10-9-21(26)17-23(22)25(32)30-12-13-31(33-15-14-30)24-16-18(2)28-20(4)29-24/h6-11,16-17H,5,12-15H2,1-4H3/b7-6+,11-8-,27-19?. The molecule has 1 fully saturated rings. The first-order chi connectivity index (χ1) is 15.9. The molecule has 1 amide bonds. The number of amides is 1. The van der Waals surface area contributed by atoms with Gasteiger partial charge < -0.3 is 4.90 Å². The predicted octanol–water partition coefficient (Wildman–Crippen LogP) is 4.42. The first-order valence-electron chi connectivity index (χ1n) is 11.1. The highest BCUT2D eigenvalue weighted by Gasteiger charge is 2.24. The molecule has 3 rings (SSSR count). The monoisotopic (exact) mass is 451 g/mol. The van der Waals surface area contributed by atoms with E-state index < -0.39 is 5.82 Å². The molecule has 2 heterocycles. The molecule has 1 aliphatic heterocycles. The van der Waals surface area contributed by atoms with Crippen LogP contribution in [0.4, 0.5) is 10.2 Å². The van der Waals surface area contributed by atoms with Crippen molar-refractivity contribution in [3.63, 3.8) is 0 Å². The average Bonchev–Trinajstić information content (AvgIpc) is 3.04. The van der Waals surface area contributed by atoms with Gasteiger partial charge in [0.25, 0.3) is 5.91 Å². The minimum absolute atomic E-state index is 0.255. The first-order valence-corrected chi connectivity index (χ1v) is 11.1. The number of aromatic nitrogens is 2. The normalized spacial score (nSPS) is 15.5. The molecular weight excluding hydrogens is 421 g/mol. The summed E-state index contributed by atoms with van der Waals surface area (Å²) in [6.07, 6.45) is 8.37. The Labute approximate surface area is 194 Å². The van der Waals surface area contributed by atoms with Gasteiger partial charge in [0.1, 0.15) is 11.6 Å². The fourth-order valence-corrected chi connectivity index (χ4v) is 3.53. The number of halogens is 1. The van der Waals surface area contributed by atoms with E-state index in [9.17, 15) is 9.18 Å². The first kappa shape index (κ1) is 24.3. The summed E-state index contributed by atoms with van der Waals surface area (Å²) in [5.74, 6) is 0.599. The summed E-state index contributed by atoms with van der Waals surface area (Å²) in [7, 11) is 0. The number of hydroxylamine groups is 1. The molecule has 0 radical (unpaired) electrons. The highest BCUT2D eigenvalue weighted by atomic mass is 19.1. The number of aryl methyl sites for hydroxylation is 2. The van der Waals surface area contributed by atoms with Crippen LogP contribution in [-0.4, -0.2) is 52.7 Å². The lowest BCUT2D eigenvalue weighted by atomic mass is 10.0. The second kappa shape index (κ2) is 11.5. The smallest absolute Gasteiger partial charge is 0.254 e. The van der Waals surface area contributed by atoms with Crippen LogP contribution in [0.5, 0.6) is 0 Å². The maximum absolute atomic E-state index is 14.1. The Bertz CT molecular complexity index is 1060. The van der Waals surface area contributed by atoms with E-state index in [-0.39, 0.29) is 11.5 Å². The predicted molar refractivity (Wildman–Crippen MR) is 128 cm³/mol. The van der Waals surface area contributed by atoms with Crippen LogP contribution in [0.1, 0.15) is 47.7 Å². The van der Waals surface area contributed by atoms with E-state index in [1.165, 1.54) is 12.1 Å². The second-order valence-electron chi connectivity index (χ2n) is 7.72. The number of carbonyl (C=O) groups excluding carboxylic acids is 1. The van der Waals surface area contributed by atoms with Crippen molar-refractivity contribution in [1.82, 2.24) is 14.9 Å². The molecule has 0 N–H and O–H groups in total. The van der Waals surface area contributed by atoms with Crippen molar-refractivity contribution in [3.05, 3.63) is 77.2 Å². The number of carbonyl (C=O) groups is 1. The van der Waals surface area contributed by atoms with Crippen molar-refractivity contribution >= 4 is 17.4 Å². The number of aliphatic imine (C=N–C) groups is 1. The molecule has 8 heteroatoms. The van der Waals surface area contributed by atoms with Gasteiger partial charge in [-0.15, -0.1) is 0 Å². The molecule has 0 unspecified atom stereocenters. The number of hydrogen-bond acceptors (Lipinski definition) is 6. The van der Waals surface area contributed by atoms with E-state index in [0.29, 0.717) is 49.2 Å². The van der Waals surface area contributed by atoms with Crippen molar-refractivity contribution in [3.8, 4) is 0 Å². The van der Waals surface area contributed by atoms with Crippen LogP contribution in [-0.2, 0) is 4.84 Å². The third-order valence-corrected chi connectivity index (χ3v) is 5.12. The summed E-state index contributed by atoms with van der Waals surface area (Å²) >= 11 is 0. The van der Waals surface area contributed by atoms with Gasteiger partial charge >= 0.3 is 0 Å². The van der Waals surface area contributed by atoms with Crippen molar-refractivity contribution in [2.75, 3.05) is 31.3 Å². The molecule has 1 aromatic carbocycles. The summed E-state index contributed by atoms with van der Waals surface area (Å²) in [4.78, 5) is 34.0. The SMILES string of the molecule is CC/C=C/C=C\N=C(C)c1ccc(F)cc1C(=O)N1CCON(c2cc(C)nc(C)n2)CC1. The van der Waals surface area contributed by atoms with Crippen molar-refractivity contribution in [2.24, 2.45) is 4.99 Å². The van der Waals surface area contributed by atoms with E-state index in [2.05, 4.69) is 21.9 Å². The quantitative estimate of drug-likeness (QED) is 0.480. The molecule has 0 atom stereocenters. The van der Waals surface area contributed by atoms with Crippen molar-refractivity contribution in [1.29, 1.82) is 0 Å². The molecular formula is C25H30FN5O2. The third-order valence-electron chi connectivity index (χ3n) is 5.12. The van der Waals surface area contributed by atoms with Gasteiger partial charge in [-0.1, -0.05) is 19.1 Å². The zero-order chi connectivity index (χ0) is 23.8. The number of benzene rings is 1. The molecule has 0 spiro atoms. The van der Waals surface area contributed by atoms with E-state index in [0.717, 1.165) is 12.1 Å². The molecule has 0 aliphatic carbocycles. The van der Waals surface area contributed by atoms with Gasteiger partial charge in [-0.3, -0.25) is 14.6 Å². The van der Waals surface area contributed by atoms with Gasteiger partial charge in [-0.05, 0) is 51.5 Å². The summed E-state index contributed by atoms with van der Waals surface area (Å²) in [5.41, 5.74) is 2.38. The minimum Gasteiger partial charge on any atom is -0.334 e. The number of hydrogen-bond donors (Lipinski definition) is 0. The largest absolute Gasteiger partial charge is 0.334 e. The summed E-state index contributed by atoms with van der Waals surface area (Å²) in [6.45, 7) is 9.12. The second-order valence-corrected chi connectivity index (χ2v) is 7.72. The molecule has 7 nitrogen and oxygen atoms in total. The van der Waals surface area contributed by atoms with Crippen LogP contribution in [0.3, 0.4) is 0 Å². The van der Waals surface area contributed by atoms with E-state index in [1.807, 2.05) is 45.1 Å². The van der Waals surface area contributed by atoms with Gasteiger partial charge in [-0.25, -0.2) is 19.4 Å². The fraction of sp³-hybridized carbons (Fsp3) is 0.360. The zero-order valence-corrected chi connectivity index (χ0v) is 19.6. The van der Waals surface area contributed by atoms with Crippen LogP contribution in [0, 0.1) is 19.7 Å². The topological polar surface area (TPSA) is 70.9 Å². The fourth-order valence-electron chi connectivity index (χ4n) is 3.53. The van der Waals surface area contributed by atoms with Crippen molar-refractivity contribution in [2.45, 2.75) is 34.1 Å². The molecule has 2 aromatic rings. The number of allylic oxidation sites excluding steroid dienone is 3. The molecule has 0 saturated carbocycles. The van der Waals surface area contributed by atoms with E-state index in [1.54, 1.807) is 22.2 Å². The highest BCUT2D eigenvalue weighted by Crippen LogP contribution is 2.19. The Balaban J connectivity index is 1.79. The van der Waals surface area contributed by atoms with Crippen LogP contribution in [0.2, 0.25) is 0 Å². The highest BCUT2D eigenvalue weighted by molar-refractivity contribution is 6.09. The summed E-state index contributed by atoms with van der Waals surface area (Å²) in [6, 6.07) is 6.07. The molecule has 1 saturated heterocycles. The van der Waals surface area contributed by atoms with Crippen LogP contribution >= 0.6 is 0 Å².